The lowest BCUT2D eigenvalue weighted by Gasteiger charge is -2.16. The molecule has 1 aliphatic rings. The second-order valence-electron chi connectivity index (χ2n) is 4.02. The first kappa shape index (κ1) is 10.9. The van der Waals surface area contributed by atoms with Crippen LogP contribution in [0.25, 0.3) is 0 Å². The zero-order valence-corrected chi connectivity index (χ0v) is 9.53. The van der Waals surface area contributed by atoms with E-state index in [1.54, 1.807) is 7.11 Å². The van der Waals surface area contributed by atoms with Gasteiger partial charge in [0.05, 0.1) is 7.11 Å². The van der Waals surface area contributed by atoms with Crippen molar-refractivity contribution in [3.63, 3.8) is 0 Å². The van der Waals surface area contributed by atoms with Crippen LogP contribution in [0.4, 0.5) is 11.6 Å². The van der Waals surface area contributed by atoms with Crippen LogP contribution in [-0.4, -0.2) is 23.1 Å². The molecular formula is C10H17N5O. The van der Waals surface area contributed by atoms with Crippen LogP contribution in [0.2, 0.25) is 0 Å². The van der Waals surface area contributed by atoms with Gasteiger partial charge in [0.1, 0.15) is 6.33 Å². The van der Waals surface area contributed by atoms with Crippen LogP contribution in [0.3, 0.4) is 0 Å². The Balaban J connectivity index is 2.17. The number of rotatable bonds is 5. The van der Waals surface area contributed by atoms with Gasteiger partial charge in [-0.1, -0.05) is 0 Å². The van der Waals surface area contributed by atoms with E-state index in [2.05, 4.69) is 27.6 Å². The van der Waals surface area contributed by atoms with Crippen molar-refractivity contribution in [2.45, 2.75) is 25.8 Å². The molecule has 0 aliphatic heterocycles. The van der Waals surface area contributed by atoms with E-state index >= 15 is 0 Å². The second kappa shape index (κ2) is 4.52. The maximum atomic E-state index is 5.35. The van der Waals surface area contributed by atoms with Gasteiger partial charge in [-0.3, -0.25) is 0 Å². The van der Waals surface area contributed by atoms with Crippen molar-refractivity contribution in [3.05, 3.63) is 6.33 Å². The van der Waals surface area contributed by atoms with Crippen LogP contribution in [-0.2, 0) is 0 Å². The van der Waals surface area contributed by atoms with E-state index in [1.165, 1.54) is 19.2 Å². The highest BCUT2D eigenvalue weighted by Crippen LogP contribution is 2.36. The first-order valence-electron chi connectivity index (χ1n) is 5.38. The number of hydrogen-bond donors (Lipinski definition) is 3. The molecule has 4 N–H and O–H groups in total. The molecular weight excluding hydrogens is 206 g/mol. The first-order valence-corrected chi connectivity index (χ1v) is 5.38. The van der Waals surface area contributed by atoms with Gasteiger partial charge in [0.2, 0.25) is 5.75 Å². The van der Waals surface area contributed by atoms with Gasteiger partial charge in [-0.25, -0.2) is 15.8 Å². The molecule has 1 aromatic rings. The minimum Gasteiger partial charge on any atom is -0.490 e. The lowest BCUT2D eigenvalue weighted by Crippen LogP contribution is -2.20. The highest BCUT2D eigenvalue weighted by molar-refractivity contribution is 5.63. The lowest BCUT2D eigenvalue weighted by atomic mass is 10.2. The molecule has 88 valence electrons. The number of nitrogen functional groups attached to an aromatic ring is 1. The minimum atomic E-state index is 0.398. The van der Waals surface area contributed by atoms with Gasteiger partial charge in [0.25, 0.3) is 0 Å². The van der Waals surface area contributed by atoms with E-state index in [9.17, 15) is 0 Å². The molecule has 0 amide bonds. The Morgan fingerprint density at radius 3 is 2.69 bits per heavy atom. The molecule has 0 radical (unpaired) electrons. The monoisotopic (exact) mass is 223 g/mol. The van der Waals surface area contributed by atoms with E-state index in [4.69, 9.17) is 10.6 Å². The summed E-state index contributed by atoms with van der Waals surface area (Å²) in [5.74, 6) is 7.82. The van der Waals surface area contributed by atoms with E-state index < -0.39 is 0 Å². The summed E-state index contributed by atoms with van der Waals surface area (Å²) in [6, 6.07) is 0.398. The van der Waals surface area contributed by atoms with Gasteiger partial charge in [0, 0.05) is 6.04 Å². The van der Waals surface area contributed by atoms with Gasteiger partial charge in [0.15, 0.2) is 11.6 Å². The fraction of sp³-hybridized carbons (Fsp3) is 0.600. The first-order chi connectivity index (χ1) is 7.76. The molecule has 0 bridgehead atoms. The Bertz CT molecular complexity index is 366. The molecule has 1 fully saturated rings. The number of methoxy groups -OCH3 is 1. The highest BCUT2D eigenvalue weighted by Gasteiger charge is 2.28. The molecule has 0 spiro atoms. The SMILES string of the molecule is COc1c(NN)ncnc1NC(C)C1CC1. The molecule has 1 unspecified atom stereocenters. The number of nitrogens with one attached hydrogen (secondary N) is 2. The fourth-order valence-corrected chi connectivity index (χ4v) is 1.70. The van der Waals surface area contributed by atoms with Crippen LogP contribution in [0, 0.1) is 5.92 Å². The predicted octanol–water partition coefficient (Wildman–Crippen LogP) is 0.981. The summed E-state index contributed by atoms with van der Waals surface area (Å²) in [5, 5.41) is 3.33. The Morgan fingerprint density at radius 1 is 1.44 bits per heavy atom. The van der Waals surface area contributed by atoms with Crippen molar-refractivity contribution in [1.82, 2.24) is 9.97 Å². The van der Waals surface area contributed by atoms with Crippen LogP contribution in [0.5, 0.6) is 5.75 Å². The molecule has 0 aromatic carbocycles. The van der Waals surface area contributed by atoms with E-state index in [0.717, 1.165) is 5.92 Å². The number of hydrogen-bond acceptors (Lipinski definition) is 6. The number of anilines is 2. The largest absolute Gasteiger partial charge is 0.490 e. The lowest BCUT2D eigenvalue weighted by molar-refractivity contribution is 0.414. The Kier molecular flexibility index (Phi) is 3.09. The number of hydrazine groups is 1. The third-order valence-corrected chi connectivity index (χ3v) is 2.84. The summed E-state index contributed by atoms with van der Waals surface area (Å²) in [7, 11) is 1.58. The van der Waals surface area contributed by atoms with E-state index in [-0.39, 0.29) is 0 Å². The highest BCUT2D eigenvalue weighted by atomic mass is 16.5. The summed E-state index contributed by atoms with van der Waals surface area (Å²) < 4.78 is 5.24. The smallest absolute Gasteiger partial charge is 0.205 e. The molecule has 6 heteroatoms. The van der Waals surface area contributed by atoms with Crippen molar-refractivity contribution >= 4 is 11.6 Å². The molecule has 6 nitrogen and oxygen atoms in total. The molecule has 1 saturated carbocycles. The maximum Gasteiger partial charge on any atom is 0.205 e. The summed E-state index contributed by atoms with van der Waals surface area (Å²) in [6.07, 6.45) is 4.02. The van der Waals surface area contributed by atoms with Crippen molar-refractivity contribution < 1.29 is 4.74 Å². The van der Waals surface area contributed by atoms with Crippen molar-refractivity contribution in [2.75, 3.05) is 17.9 Å². The van der Waals surface area contributed by atoms with Crippen LogP contribution in [0.15, 0.2) is 6.33 Å². The van der Waals surface area contributed by atoms with Crippen LogP contribution < -0.4 is 21.3 Å². The van der Waals surface area contributed by atoms with Crippen LogP contribution >= 0.6 is 0 Å². The second-order valence-corrected chi connectivity index (χ2v) is 4.02. The van der Waals surface area contributed by atoms with Gasteiger partial charge in [-0.2, -0.15) is 0 Å². The fourth-order valence-electron chi connectivity index (χ4n) is 1.70. The Morgan fingerprint density at radius 2 is 2.12 bits per heavy atom. The molecule has 2 rings (SSSR count). The number of nitrogens with two attached hydrogens (primary N) is 1. The van der Waals surface area contributed by atoms with E-state index in [1.807, 2.05) is 0 Å². The van der Waals surface area contributed by atoms with Gasteiger partial charge < -0.3 is 15.5 Å². The average Bonchev–Trinajstić information content (AvgIpc) is 3.12. The summed E-state index contributed by atoms with van der Waals surface area (Å²) in [5.41, 5.74) is 2.49. The molecule has 1 aromatic heterocycles. The predicted molar refractivity (Wildman–Crippen MR) is 62.2 cm³/mol. The third-order valence-electron chi connectivity index (χ3n) is 2.84. The summed E-state index contributed by atoms with van der Waals surface area (Å²) in [4.78, 5) is 8.15. The normalized spacial score (nSPS) is 16.7. The minimum absolute atomic E-state index is 0.398. The van der Waals surface area contributed by atoms with Gasteiger partial charge >= 0.3 is 0 Å². The quantitative estimate of drug-likeness (QED) is 0.509. The summed E-state index contributed by atoms with van der Waals surface area (Å²) in [6.45, 7) is 2.15. The zero-order valence-electron chi connectivity index (χ0n) is 9.53. The summed E-state index contributed by atoms with van der Waals surface area (Å²) >= 11 is 0. The molecule has 1 atom stereocenters. The van der Waals surface area contributed by atoms with Gasteiger partial charge in [-0.05, 0) is 25.7 Å². The number of ether oxygens (including phenoxy) is 1. The van der Waals surface area contributed by atoms with Gasteiger partial charge in [-0.15, -0.1) is 0 Å². The van der Waals surface area contributed by atoms with Crippen molar-refractivity contribution in [1.29, 1.82) is 0 Å². The van der Waals surface area contributed by atoms with Crippen molar-refractivity contribution in [3.8, 4) is 5.75 Å². The maximum absolute atomic E-state index is 5.35. The Hall–Kier alpha value is -1.56. The van der Waals surface area contributed by atoms with E-state index in [0.29, 0.717) is 23.4 Å². The number of nitrogens with zero attached hydrogens (tertiary/aromatic N) is 2. The zero-order chi connectivity index (χ0) is 11.5. The molecule has 16 heavy (non-hydrogen) atoms. The number of aromatic nitrogens is 2. The van der Waals surface area contributed by atoms with Crippen molar-refractivity contribution in [2.24, 2.45) is 11.8 Å². The standard InChI is InChI=1S/C10H17N5O/c1-6(7-3-4-7)14-9-8(16-2)10(15-11)13-5-12-9/h5-7H,3-4,11H2,1-2H3,(H2,12,13,14,15). The average molecular weight is 223 g/mol. The Labute approximate surface area is 94.6 Å². The third kappa shape index (κ3) is 2.16. The topological polar surface area (TPSA) is 85.1 Å². The molecule has 0 saturated heterocycles. The van der Waals surface area contributed by atoms with Crippen LogP contribution in [0.1, 0.15) is 19.8 Å². The molecule has 1 aliphatic carbocycles. The molecule has 1 heterocycles.